The average Bonchev–Trinajstić information content (AvgIpc) is 2.97. The molecule has 0 radical (unpaired) electrons. The van der Waals surface area contributed by atoms with E-state index in [0.717, 1.165) is 37.8 Å². The predicted octanol–water partition coefficient (Wildman–Crippen LogP) is 9.64. The van der Waals surface area contributed by atoms with Crippen LogP contribution in [0.5, 0.6) is 5.75 Å². The van der Waals surface area contributed by atoms with Gasteiger partial charge >= 0.3 is 6.11 Å². The Bertz CT molecular complexity index is 1210. The normalized spacial score (nSPS) is 29.8. The van der Waals surface area contributed by atoms with Gasteiger partial charge < -0.3 is 14.2 Å². The molecule has 0 atom stereocenters. The molecule has 0 spiro atoms. The van der Waals surface area contributed by atoms with Crippen LogP contribution in [0.3, 0.4) is 0 Å². The first-order valence-electron chi connectivity index (χ1n) is 14.5. The van der Waals surface area contributed by atoms with E-state index < -0.39 is 47.6 Å². The third-order valence-electron chi connectivity index (χ3n) is 9.03. The highest BCUT2D eigenvalue weighted by molar-refractivity contribution is 5.59. The zero-order chi connectivity index (χ0) is 29.1. The summed E-state index contributed by atoms with van der Waals surface area (Å²) in [6, 6.07) is 7.78. The van der Waals surface area contributed by atoms with Gasteiger partial charge in [0, 0.05) is 23.1 Å². The Kier molecular flexibility index (Phi) is 9.33. The van der Waals surface area contributed by atoms with Gasteiger partial charge in [0.2, 0.25) is 0 Å². The summed E-state index contributed by atoms with van der Waals surface area (Å²) in [4.78, 5) is 0. The molecule has 1 saturated heterocycles. The summed E-state index contributed by atoms with van der Waals surface area (Å²) in [6.07, 6.45) is 0.959. The van der Waals surface area contributed by atoms with E-state index in [2.05, 4.69) is 0 Å². The lowest BCUT2D eigenvalue weighted by Gasteiger charge is -2.39. The molecule has 224 valence electrons. The Balaban J connectivity index is 1.11. The average molecular weight is 583 g/mol. The minimum Gasteiger partial charge on any atom is -0.432 e. The maximum atomic E-state index is 15.1. The van der Waals surface area contributed by atoms with Crippen molar-refractivity contribution in [2.75, 3.05) is 13.2 Å². The highest BCUT2D eigenvalue weighted by atomic mass is 19.3. The van der Waals surface area contributed by atoms with E-state index in [9.17, 15) is 22.0 Å². The third-order valence-corrected chi connectivity index (χ3v) is 9.03. The van der Waals surface area contributed by atoms with Crippen molar-refractivity contribution < 1.29 is 40.6 Å². The fourth-order valence-corrected chi connectivity index (χ4v) is 6.69. The summed E-state index contributed by atoms with van der Waals surface area (Å²) in [7, 11) is 0. The van der Waals surface area contributed by atoms with Gasteiger partial charge in [-0.15, -0.1) is 0 Å². The molecule has 3 fully saturated rings. The Hall–Kier alpha value is -2.52. The lowest BCUT2D eigenvalue weighted by atomic mass is 9.68. The molecule has 9 heteroatoms. The molecule has 3 nitrogen and oxygen atoms in total. The van der Waals surface area contributed by atoms with Crippen molar-refractivity contribution in [3.05, 3.63) is 71.1 Å². The number of rotatable bonds is 7. The maximum Gasteiger partial charge on any atom is 0.400 e. The van der Waals surface area contributed by atoms with E-state index in [1.165, 1.54) is 6.07 Å². The molecular weight excluding hydrogens is 546 g/mol. The zero-order valence-electron chi connectivity index (χ0n) is 23.1. The number of ether oxygens (including phenoxy) is 3. The van der Waals surface area contributed by atoms with Crippen molar-refractivity contribution in [1.82, 2.24) is 0 Å². The first-order chi connectivity index (χ1) is 19.6. The molecule has 2 aromatic rings. The molecule has 41 heavy (non-hydrogen) atoms. The van der Waals surface area contributed by atoms with Crippen molar-refractivity contribution in [1.29, 1.82) is 0 Å². The van der Waals surface area contributed by atoms with Crippen LogP contribution < -0.4 is 4.74 Å². The maximum absolute atomic E-state index is 15.1. The number of hydrogen-bond donors (Lipinski definition) is 0. The van der Waals surface area contributed by atoms with Crippen molar-refractivity contribution >= 4 is 5.83 Å². The second-order valence-electron chi connectivity index (χ2n) is 11.9. The number of alkyl halides is 2. The second kappa shape index (κ2) is 12.8. The van der Waals surface area contributed by atoms with Crippen molar-refractivity contribution in [3.63, 3.8) is 0 Å². The summed E-state index contributed by atoms with van der Waals surface area (Å²) < 4.78 is 101. The fourth-order valence-electron chi connectivity index (χ4n) is 6.69. The van der Waals surface area contributed by atoms with Gasteiger partial charge in [-0.05, 0) is 92.9 Å². The summed E-state index contributed by atoms with van der Waals surface area (Å²) in [5, 5.41) is 0. The largest absolute Gasteiger partial charge is 0.432 e. The molecule has 2 saturated carbocycles. The molecule has 1 heterocycles. The summed E-state index contributed by atoms with van der Waals surface area (Å²) in [5.41, 5.74) is 0.746. The molecule has 0 bridgehead atoms. The first kappa shape index (κ1) is 30.0. The summed E-state index contributed by atoms with van der Waals surface area (Å²) in [5.74, 6) is -3.11. The molecule has 5 rings (SSSR count). The van der Waals surface area contributed by atoms with Gasteiger partial charge in [0.1, 0.15) is 23.7 Å². The summed E-state index contributed by atoms with van der Waals surface area (Å²) >= 11 is 0. The molecule has 0 N–H and O–H groups in total. The topological polar surface area (TPSA) is 27.7 Å². The fraction of sp³-hybridized carbons (Fsp3) is 0.562. The number of hydrogen-bond acceptors (Lipinski definition) is 3. The smallest absolute Gasteiger partial charge is 0.400 e. The van der Waals surface area contributed by atoms with Crippen LogP contribution in [-0.4, -0.2) is 19.3 Å². The van der Waals surface area contributed by atoms with Crippen LogP contribution in [0.1, 0.15) is 87.2 Å². The number of halogens is 6. The Morgan fingerprint density at radius 1 is 0.854 bits per heavy atom. The number of benzene rings is 2. The standard InChI is InChI=1S/C32H36F6O3/c1-19-17-39-31(40-18-19)23-8-12-26(28(34)14-23)22-4-2-20(3-5-22)21-6-9-24(10-7-21)32(37,38)41-25-11-13-27(29(35)15-25)30(36)16-33/h8,11-16,19-22,24,31H,2-7,9-10,17-18H2,1H3/b30-16-. The van der Waals surface area contributed by atoms with E-state index in [0.29, 0.717) is 61.0 Å². The van der Waals surface area contributed by atoms with Crippen molar-refractivity contribution in [3.8, 4) is 5.75 Å². The van der Waals surface area contributed by atoms with Gasteiger partial charge in [-0.3, -0.25) is 0 Å². The van der Waals surface area contributed by atoms with Crippen LogP contribution in [0.4, 0.5) is 26.3 Å². The van der Waals surface area contributed by atoms with Gasteiger partial charge in [-0.25, -0.2) is 17.6 Å². The molecule has 3 aliphatic rings. The first-order valence-corrected chi connectivity index (χ1v) is 14.5. The van der Waals surface area contributed by atoms with Gasteiger partial charge in [-0.1, -0.05) is 19.1 Å². The summed E-state index contributed by atoms with van der Waals surface area (Å²) in [6.45, 7) is 3.21. The molecule has 0 amide bonds. The van der Waals surface area contributed by atoms with E-state index >= 15 is 4.39 Å². The molecule has 2 aliphatic carbocycles. The molecule has 0 aromatic heterocycles. The highest BCUT2D eigenvalue weighted by Gasteiger charge is 2.45. The van der Waals surface area contributed by atoms with E-state index in [4.69, 9.17) is 14.2 Å². The van der Waals surface area contributed by atoms with Crippen LogP contribution in [0.15, 0.2) is 42.7 Å². The van der Waals surface area contributed by atoms with Crippen molar-refractivity contribution in [2.24, 2.45) is 23.7 Å². The van der Waals surface area contributed by atoms with E-state index in [1.54, 1.807) is 0 Å². The lowest BCUT2D eigenvalue weighted by Crippen LogP contribution is -2.38. The van der Waals surface area contributed by atoms with Crippen LogP contribution in [0.2, 0.25) is 0 Å². The highest BCUT2D eigenvalue weighted by Crippen LogP contribution is 2.47. The minimum absolute atomic E-state index is 0.128. The Morgan fingerprint density at radius 3 is 2.07 bits per heavy atom. The third kappa shape index (κ3) is 6.94. The van der Waals surface area contributed by atoms with E-state index in [1.807, 2.05) is 19.1 Å². The Labute approximate surface area is 236 Å². The lowest BCUT2D eigenvalue weighted by molar-refractivity contribution is -0.224. The zero-order valence-corrected chi connectivity index (χ0v) is 23.1. The quantitative estimate of drug-likeness (QED) is 0.304. The van der Waals surface area contributed by atoms with Crippen LogP contribution in [-0.2, 0) is 9.47 Å². The van der Waals surface area contributed by atoms with Crippen LogP contribution >= 0.6 is 0 Å². The monoisotopic (exact) mass is 582 g/mol. The van der Waals surface area contributed by atoms with Gasteiger partial charge in [-0.2, -0.15) is 8.78 Å². The molecule has 0 unspecified atom stereocenters. The van der Waals surface area contributed by atoms with Gasteiger partial charge in [0.15, 0.2) is 12.1 Å². The van der Waals surface area contributed by atoms with Crippen molar-refractivity contribution in [2.45, 2.75) is 76.6 Å². The predicted molar refractivity (Wildman–Crippen MR) is 143 cm³/mol. The Morgan fingerprint density at radius 2 is 1.49 bits per heavy atom. The van der Waals surface area contributed by atoms with Crippen LogP contribution in [0.25, 0.3) is 5.83 Å². The second-order valence-corrected chi connectivity index (χ2v) is 11.9. The van der Waals surface area contributed by atoms with Gasteiger partial charge in [0.25, 0.3) is 0 Å². The molecule has 1 aliphatic heterocycles. The molecule has 2 aromatic carbocycles. The van der Waals surface area contributed by atoms with Gasteiger partial charge in [0.05, 0.1) is 19.1 Å². The minimum atomic E-state index is -3.51. The molecular formula is C32H36F6O3. The van der Waals surface area contributed by atoms with E-state index in [-0.39, 0.29) is 24.6 Å². The van der Waals surface area contributed by atoms with Crippen LogP contribution in [0, 0.1) is 35.3 Å². The SMILES string of the molecule is CC1COC(c2ccc(C3CCC(C4CCC(C(F)(F)Oc5ccc(/C(F)=C/F)c(F)c5)CC4)CC3)c(F)c2)OC1.